The molecule has 2 heterocycles. The van der Waals surface area contributed by atoms with E-state index < -0.39 is 0 Å². The average molecular weight is 218 g/mol. The van der Waals surface area contributed by atoms with Gasteiger partial charge < -0.3 is 5.32 Å². The molecule has 0 unspecified atom stereocenters. The lowest BCUT2D eigenvalue weighted by atomic mass is 10.3. The van der Waals surface area contributed by atoms with E-state index in [1.165, 1.54) is 0 Å². The minimum absolute atomic E-state index is 0.0313. The Balaban J connectivity index is 2.68. The third-order valence-corrected chi connectivity index (χ3v) is 2.37. The van der Waals surface area contributed by atoms with Crippen molar-refractivity contribution in [2.75, 3.05) is 11.9 Å². The Morgan fingerprint density at radius 1 is 1.38 bits per heavy atom. The highest BCUT2D eigenvalue weighted by Gasteiger charge is 2.04. The molecule has 0 radical (unpaired) electrons. The first-order valence-electron chi connectivity index (χ1n) is 5.36. The molecule has 1 N–H and O–H groups in total. The Morgan fingerprint density at radius 2 is 2.19 bits per heavy atom. The standard InChI is InChI=1S/C11H14N4O/c1-3-12-11-13-7-8-5-6-9(16)15(4-2)10(8)14-11/h5-7H,3-4H2,1-2H3,(H,12,13,14). The highest BCUT2D eigenvalue weighted by atomic mass is 16.1. The first-order valence-corrected chi connectivity index (χ1v) is 5.36. The summed E-state index contributed by atoms with van der Waals surface area (Å²) in [4.78, 5) is 20.1. The number of hydrogen-bond acceptors (Lipinski definition) is 4. The molecule has 2 rings (SSSR count). The van der Waals surface area contributed by atoms with Crippen LogP contribution in [0.3, 0.4) is 0 Å². The van der Waals surface area contributed by atoms with Gasteiger partial charge in [0.05, 0.1) is 0 Å². The summed E-state index contributed by atoms with van der Waals surface area (Å²) in [6.07, 6.45) is 1.73. The van der Waals surface area contributed by atoms with Crippen LogP contribution in [0.15, 0.2) is 23.1 Å². The van der Waals surface area contributed by atoms with E-state index in [1.807, 2.05) is 13.8 Å². The zero-order chi connectivity index (χ0) is 11.5. The summed E-state index contributed by atoms with van der Waals surface area (Å²) in [7, 11) is 0. The van der Waals surface area contributed by atoms with Crippen LogP contribution in [0, 0.1) is 0 Å². The van der Waals surface area contributed by atoms with Crippen LogP contribution in [-0.4, -0.2) is 21.1 Å². The Kier molecular flexibility index (Phi) is 2.85. The van der Waals surface area contributed by atoms with Gasteiger partial charge in [0.2, 0.25) is 5.95 Å². The van der Waals surface area contributed by atoms with Gasteiger partial charge in [-0.2, -0.15) is 4.98 Å². The number of aromatic nitrogens is 3. The van der Waals surface area contributed by atoms with Crippen molar-refractivity contribution in [2.24, 2.45) is 0 Å². The minimum atomic E-state index is -0.0313. The third kappa shape index (κ3) is 1.76. The fourth-order valence-corrected chi connectivity index (χ4v) is 1.62. The minimum Gasteiger partial charge on any atom is -0.354 e. The molecule has 0 bridgehead atoms. The van der Waals surface area contributed by atoms with Gasteiger partial charge in [-0.3, -0.25) is 9.36 Å². The molecule has 2 aromatic rings. The van der Waals surface area contributed by atoms with Crippen LogP contribution in [0.1, 0.15) is 13.8 Å². The molecule has 0 aliphatic carbocycles. The van der Waals surface area contributed by atoms with Gasteiger partial charge in [0.1, 0.15) is 5.65 Å². The number of nitrogens with zero attached hydrogens (tertiary/aromatic N) is 3. The Hall–Kier alpha value is -1.91. The van der Waals surface area contributed by atoms with Crippen molar-refractivity contribution in [1.29, 1.82) is 0 Å². The predicted octanol–water partition coefficient (Wildman–Crippen LogP) is 1.24. The monoisotopic (exact) mass is 218 g/mol. The van der Waals surface area contributed by atoms with E-state index in [1.54, 1.807) is 22.9 Å². The number of hydrogen-bond donors (Lipinski definition) is 1. The zero-order valence-corrected chi connectivity index (χ0v) is 9.40. The van der Waals surface area contributed by atoms with Gasteiger partial charge in [0, 0.05) is 30.7 Å². The van der Waals surface area contributed by atoms with E-state index in [0.717, 1.165) is 11.9 Å². The molecule has 84 valence electrons. The third-order valence-electron chi connectivity index (χ3n) is 2.37. The maximum Gasteiger partial charge on any atom is 0.252 e. The molecule has 0 amide bonds. The van der Waals surface area contributed by atoms with E-state index in [9.17, 15) is 4.79 Å². The van der Waals surface area contributed by atoms with Crippen molar-refractivity contribution in [3.05, 3.63) is 28.7 Å². The molecule has 0 atom stereocenters. The molecule has 0 aliphatic heterocycles. The molecule has 5 nitrogen and oxygen atoms in total. The van der Waals surface area contributed by atoms with Crippen LogP contribution in [0.2, 0.25) is 0 Å². The Bertz CT molecular complexity index is 561. The predicted molar refractivity (Wildman–Crippen MR) is 63.6 cm³/mol. The molecule has 0 fully saturated rings. The molecule has 2 aromatic heterocycles. The van der Waals surface area contributed by atoms with Gasteiger partial charge in [-0.05, 0) is 19.9 Å². The summed E-state index contributed by atoms with van der Waals surface area (Å²) in [5.41, 5.74) is 0.650. The number of pyridine rings is 1. The summed E-state index contributed by atoms with van der Waals surface area (Å²) in [6.45, 7) is 5.27. The van der Waals surface area contributed by atoms with E-state index in [-0.39, 0.29) is 5.56 Å². The maximum atomic E-state index is 11.6. The summed E-state index contributed by atoms with van der Waals surface area (Å²) in [6, 6.07) is 3.29. The van der Waals surface area contributed by atoms with Gasteiger partial charge in [-0.1, -0.05) is 0 Å². The van der Waals surface area contributed by atoms with Crippen LogP contribution < -0.4 is 10.9 Å². The van der Waals surface area contributed by atoms with Crippen LogP contribution >= 0.6 is 0 Å². The van der Waals surface area contributed by atoms with E-state index >= 15 is 0 Å². The largest absolute Gasteiger partial charge is 0.354 e. The topological polar surface area (TPSA) is 59.8 Å². The second-order valence-corrected chi connectivity index (χ2v) is 3.42. The molecule has 16 heavy (non-hydrogen) atoms. The first kappa shape index (κ1) is 10.6. The van der Waals surface area contributed by atoms with E-state index in [2.05, 4.69) is 15.3 Å². The summed E-state index contributed by atoms with van der Waals surface area (Å²) >= 11 is 0. The van der Waals surface area contributed by atoms with Crippen LogP contribution in [-0.2, 0) is 6.54 Å². The number of anilines is 1. The van der Waals surface area contributed by atoms with Crippen molar-refractivity contribution in [1.82, 2.24) is 14.5 Å². The van der Waals surface area contributed by atoms with Crippen molar-refractivity contribution >= 4 is 17.0 Å². The average Bonchev–Trinajstić information content (AvgIpc) is 2.29. The second kappa shape index (κ2) is 4.30. The molecule has 5 heteroatoms. The number of nitrogens with one attached hydrogen (secondary N) is 1. The molecule has 0 saturated carbocycles. The lowest BCUT2D eigenvalue weighted by molar-refractivity contribution is 0.749. The van der Waals surface area contributed by atoms with E-state index in [0.29, 0.717) is 18.1 Å². The second-order valence-electron chi connectivity index (χ2n) is 3.42. The Morgan fingerprint density at radius 3 is 2.88 bits per heavy atom. The Labute approximate surface area is 93.2 Å². The lowest BCUT2D eigenvalue weighted by Crippen LogP contribution is -2.19. The number of aryl methyl sites for hydroxylation is 1. The SMILES string of the molecule is CCNc1ncc2ccc(=O)n(CC)c2n1. The smallest absolute Gasteiger partial charge is 0.252 e. The summed E-state index contributed by atoms with van der Waals surface area (Å²) in [5, 5.41) is 3.91. The van der Waals surface area contributed by atoms with Gasteiger partial charge in [-0.15, -0.1) is 0 Å². The highest BCUT2D eigenvalue weighted by Crippen LogP contribution is 2.10. The maximum absolute atomic E-state index is 11.6. The lowest BCUT2D eigenvalue weighted by Gasteiger charge is -2.07. The van der Waals surface area contributed by atoms with Crippen LogP contribution in [0.5, 0.6) is 0 Å². The van der Waals surface area contributed by atoms with Crippen LogP contribution in [0.4, 0.5) is 5.95 Å². The normalized spacial score (nSPS) is 10.6. The molecular formula is C11H14N4O. The quantitative estimate of drug-likeness (QED) is 0.842. The van der Waals surface area contributed by atoms with Gasteiger partial charge in [0.15, 0.2) is 0 Å². The first-order chi connectivity index (χ1) is 7.76. The number of rotatable bonds is 3. The van der Waals surface area contributed by atoms with Gasteiger partial charge in [0.25, 0.3) is 5.56 Å². The van der Waals surface area contributed by atoms with Gasteiger partial charge in [-0.25, -0.2) is 4.98 Å². The molecule has 0 aromatic carbocycles. The number of fused-ring (bicyclic) bond motifs is 1. The zero-order valence-electron chi connectivity index (χ0n) is 9.40. The molecular weight excluding hydrogens is 204 g/mol. The molecule has 0 saturated heterocycles. The fraction of sp³-hybridized carbons (Fsp3) is 0.364. The summed E-state index contributed by atoms with van der Waals surface area (Å²) in [5.74, 6) is 0.558. The van der Waals surface area contributed by atoms with E-state index in [4.69, 9.17) is 0 Å². The highest BCUT2D eigenvalue weighted by molar-refractivity contribution is 5.74. The van der Waals surface area contributed by atoms with Crippen molar-refractivity contribution in [3.8, 4) is 0 Å². The summed E-state index contributed by atoms with van der Waals surface area (Å²) < 4.78 is 1.64. The van der Waals surface area contributed by atoms with Crippen LogP contribution in [0.25, 0.3) is 11.0 Å². The van der Waals surface area contributed by atoms with Crippen molar-refractivity contribution in [3.63, 3.8) is 0 Å². The molecule has 0 aliphatic rings. The van der Waals surface area contributed by atoms with Crippen molar-refractivity contribution in [2.45, 2.75) is 20.4 Å². The van der Waals surface area contributed by atoms with Gasteiger partial charge >= 0.3 is 0 Å². The fourth-order valence-electron chi connectivity index (χ4n) is 1.62. The molecule has 0 spiro atoms. The van der Waals surface area contributed by atoms with Crippen molar-refractivity contribution < 1.29 is 0 Å².